The van der Waals surface area contributed by atoms with Crippen LogP contribution in [0.5, 0.6) is 5.75 Å². The minimum atomic E-state index is 0.261. The van der Waals surface area contributed by atoms with Crippen molar-refractivity contribution in [3.05, 3.63) is 64.2 Å². The van der Waals surface area contributed by atoms with Crippen molar-refractivity contribution in [1.29, 1.82) is 0 Å². The number of nitrogens with zero attached hydrogens (tertiary/aromatic N) is 1. The van der Waals surface area contributed by atoms with Gasteiger partial charge in [0, 0.05) is 19.5 Å². The third kappa shape index (κ3) is 4.22. The van der Waals surface area contributed by atoms with Crippen LogP contribution in [0.25, 0.3) is 0 Å². The Hall–Kier alpha value is -2.29. The molecule has 3 rings (SSSR count). The van der Waals surface area contributed by atoms with E-state index in [2.05, 4.69) is 50.2 Å². The largest absolute Gasteiger partial charge is 0.496 e. The number of ether oxygens (including phenoxy) is 1. The van der Waals surface area contributed by atoms with E-state index in [0.717, 1.165) is 31.6 Å². The number of carbonyl (C=O) groups excluding carboxylic acids is 1. The van der Waals surface area contributed by atoms with Crippen molar-refractivity contribution in [2.45, 2.75) is 46.1 Å². The van der Waals surface area contributed by atoms with Gasteiger partial charge in [0.05, 0.1) is 7.11 Å². The first-order valence-electron chi connectivity index (χ1n) is 9.06. The van der Waals surface area contributed by atoms with E-state index in [1.54, 1.807) is 7.11 Å². The molecule has 0 aromatic heterocycles. The molecule has 0 saturated heterocycles. The highest BCUT2D eigenvalue weighted by Crippen LogP contribution is 2.27. The number of aryl methyl sites for hydroxylation is 3. The number of amides is 1. The molecule has 1 aliphatic rings. The molecular weight excluding hydrogens is 310 g/mol. The molecule has 0 saturated carbocycles. The summed E-state index contributed by atoms with van der Waals surface area (Å²) in [6.07, 6.45) is 3.42. The van der Waals surface area contributed by atoms with Crippen LogP contribution >= 0.6 is 0 Å². The highest BCUT2D eigenvalue weighted by atomic mass is 16.5. The molecule has 1 heterocycles. The predicted octanol–water partition coefficient (Wildman–Crippen LogP) is 4.22. The van der Waals surface area contributed by atoms with Crippen LogP contribution in [0.15, 0.2) is 36.4 Å². The van der Waals surface area contributed by atoms with Gasteiger partial charge < -0.3 is 9.64 Å². The summed E-state index contributed by atoms with van der Waals surface area (Å²) >= 11 is 0. The summed E-state index contributed by atoms with van der Waals surface area (Å²) in [6, 6.07) is 12.9. The third-order valence-corrected chi connectivity index (χ3v) is 5.06. The Morgan fingerprint density at radius 1 is 1.12 bits per heavy atom. The summed E-state index contributed by atoms with van der Waals surface area (Å²) in [5, 5.41) is 0. The summed E-state index contributed by atoms with van der Waals surface area (Å²) in [7, 11) is 1.70. The first kappa shape index (κ1) is 17.5. The topological polar surface area (TPSA) is 29.5 Å². The van der Waals surface area contributed by atoms with Gasteiger partial charge in [-0.25, -0.2) is 0 Å². The Morgan fingerprint density at radius 2 is 1.88 bits per heavy atom. The summed E-state index contributed by atoms with van der Waals surface area (Å²) in [5.74, 6) is 1.17. The average molecular weight is 337 g/mol. The molecule has 0 N–H and O–H groups in total. The van der Waals surface area contributed by atoms with Gasteiger partial charge in [-0.2, -0.15) is 0 Å². The lowest BCUT2D eigenvalue weighted by Crippen LogP contribution is -2.35. The van der Waals surface area contributed by atoms with Crippen LogP contribution < -0.4 is 4.74 Å². The molecule has 1 aliphatic heterocycles. The smallest absolute Gasteiger partial charge is 0.222 e. The number of hydrogen-bond donors (Lipinski definition) is 0. The van der Waals surface area contributed by atoms with E-state index < -0.39 is 0 Å². The lowest BCUT2D eigenvalue weighted by atomic mass is 9.96. The number of fused-ring (bicyclic) bond motifs is 1. The van der Waals surface area contributed by atoms with Crippen molar-refractivity contribution in [3.63, 3.8) is 0 Å². The van der Waals surface area contributed by atoms with Crippen molar-refractivity contribution >= 4 is 5.91 Å². The van der Waals surface area contributed by atoms with Crippen LogP contribution in [0.1, 0.15) is 40.7 Å². The van der Waals surface area contributed by atoms with E-state index in [4.69, 9.17) is 4.74 Å². The highest BCUT2D eigenvalue weighted by Gasteiger charge is 2.21. The maximum Gasteiger partial charge on any atom is 0.222 e. The van der Waals surface area contributed by atoms with Gasteiger partial charge in [-0.05, 0) is 61.4 Å². The second-order valence-corrected chi connectivity index (χ2v) is 6.99. The molecule has 0 radical (unpaired) electrons. The van der Waals surface area contributed by atoms with E-state index in [9.17, 15) is 4.79 Å². The van der Waals surface area contributed by atoms with Crippen molar-refractivity contribution in [3.8, 4) is 5.75 Å². The molecule has 3 nitrogen and oxygen atoms in total. The Bertz CT molecular complexity index is 749. The fourth-order valence-corrected chi connectivity index (χ4v) is 3.50. The number of benzene rings is 2. The fourth-order valence-electron chi connectivity index (χ4n) is 3.50. The summed E-state index contributed by atoms with van der Waals surface area (Å²) in [4.78, 5) is 14.6. The maximum absolute atomic E-state index is 12.6. The van der Waals surface area contributed by atoms with Crippen molar-refractivity contribution in [1.82, 2.24) is 4.90 Å². The SMILES string of the molecule is COc1cc2c(cc1C)CCN(C(=O)CCCc1ccc(C)cc1)C2. The number of hydrogen-bond acceptors (Lipinski definition) is 2. The monoisotopic (exact) mass is 337 g/mol. The van der Waals surface area contributed by atoms with Crippen molar-refractivity contribution in [2.75, 3.05) is 13.7 Å². The van der Waals surface area contributed by atoms with E-state index in [1.807, 2.05) is 4.90 Å². The highest BCUT2D eigenvalue weighted by molar-refractivity contribution is 5.76. The first-order valence-corrected chi connectivity index (χ1v) is 9.06. The molecule has 0 bridgehead atoms. The summed E-state index contributed by atoms with van der Waals surface area (Å²) in [5.41, 5.74) is 6.32. The second-order valence-electron chi connectivity index (χ2n) is 6.99. The molecule has 132 valence electrons. The van der Waals surface area contributed by atoms with E-state index in [-0.39, 0.29) is 5.91 Å². The van der Waals surface area contributed by atoms with Gasteiger partial charge in [-0.1, -0.05) is 35.9 Å². The molecule has 0 spiro atoms. The molecule has 3 heteroatoms. The zero-order valence-electron chi connectivity index (χ0n) is 15.5. The molecule has 0 atom stereocenters. The van der Waals surface area contributed by atoms with Crippen LogP contribution in [0.2, 0.25) is 0 Å². The van der Waals surface area contributed by atoms with E-state index in [0.29, 0.717) is 13.0 Å². The molecule has 0 fully saturated rings. The number of methoxy groups -OCH3 is 1. The molecular formula is C22H27NO2. The van der Waals surface area contributed by atoms with Crippen LogP contribution in [0, 0.1) is 13.8 Å². The van der Waals surface area contributed by atoms with Gasteiger partial charge in [0.2, 0.25) is 5.91 Å². The minimum absolute atomic E-state index is 0.261. The predicted molar refractivity (Wildman–Crippen MR) is 101 cm³/mol. The lowest BCUT2D eigenvalue weighted by Gasteiger charge is -2.29. The molecule has 2 aromatic rings. The van der Waals surface area contributed by atoms with Crippen LogP contribution in [-0.4, -0.2) is 24.5 Å². The van der Waals surface area contributed by atoms with Gasteiger partial charge in [0.1, 0.15) is 5.75 Å². The first-order chi connectivity index (χ1) is 12.1. The second kappa shape index (κ2) is 7.73. The summed E-state index contributed by atoms with van der Waals surface area (Å²) in [6.45, 7) is 5.69. The fraction of sp³-hybridized carbons (Fsp3) is 0.409. The van der Waals surface area contributed by atoms with Gasteiger partial charge in [-0.15, -0.1) is 0 Å². The quantitative estimate of drug-likeness (QED) is 0.817. The van der Waals surface area contributed by atoms with Gasteiger partial charge in [-0.3, -0.25) is 4.79 Å². The average Bonchev–Trinajstić information content (AvgIpc) is 2.62. The molecule has 25 heavy (non-hydrogen) atoms. The molecule has 0 unspecified atom stereocenters. The Morgan fingerprint density at radius 3 is 2.60 bits per heavy atom. The van der Waals surface area contributed by atoms with Crippen molar-refractivity contribution < 1.29 is 9.53 Å². The lowest BCUT2D eigenvalue weighted by molar-refractivity contribution is -0.132. The third-order valence-electron chi connectivity index (χ3n) is 5.06. The van der Waals surface area contributed by atoms with Gasteiger partial charge >= 0.3 is 0 Å². The Balaban J connectivity index is 1.56. The van der Waals surface area contributed by atoms with Gasteiger partial charge in [0.15, 0.2) is 0 Å². The maximum atomic E-state index is 12.6. The Kier molecular flexibility index (Phi) is 5.42. The van der Waals surface area contributed by atoms with Crippen LogP contribution in [-0.2, 0) is 24.2 Å². The zero-order chi connectivity index (χ0) is 17.8. The molecule has 0 aliphatic carbocycles. The Labute approximate surface area is 150 Å². The minimum Gasteiger partial charge on any atom is -0.496 e. The standard InChI is InChI=1S/C22H27NO2/c1-16-7-9-18(10-8-16)5-4-6-22(24)23-12-11-19-13-17(2)21(25-3)14-20(19)15-23/h7-10,13-14H,4-6,11-12,15H2,1-3H3. The van der Waals surface area contributed by atoms with Crippen LogP contribution in [0.3, 0.4) is 0 Å². The summed E-state index contributed by atoms with van der Waals surface area (Å²) < 4.78 is 5.43. The number of carbonyl (C=O) groups is 1. The zero-order valence-corrected chi connectivity index (χ0v) is 15.5. The van der Waals surface area contributed by atoms with E-state index in [1.165, 1.54) is 27.8 Å². The molecule has 2 aromatic carbocycles. The van der Waals surface area contributed by atoms with Crippen LogP contribution in [0.4, 0.5) is 0 Å². The van der Waals surface area contributed by atoms with Gasteiger partial charge in [0.25, 0.3) is 0 Å². The van der Waals surface area contributed by atoms with Crippen molar-refractivity contribution in [2.24, 2.45) is 0 Å². The number of rotatable bonds is 5. The van der Waals surface area contributed by atoms with E-state index >= 15 is 0 Å². The normalized spacial score (nSPS) is 13.5. The molecule has 1 amide bonds.